The van der Waals surface area contributed by atoms with Crippen LogP contribution in [0.2, 0.25) is 0 Å². The maximum Gasteiger partial charge on any atom is 0.251 e. The molecule has 2 aromatic carbocycles. The first kappa shape index (κ1) is 22.2. The van der Waals surface area contributed by atoms with Gasteiger partial charge < -0.3 is 15.1 Å². The first-order valence-electron chi connectivity index (χ1n) is 11.6. The number of likely N-dealkylation sites (tertiary alicyclic amines) is 1. The number of rotatable bonds is 7. The molecule has 2 aliphatic rings. The smallest absolute Gasteiger partial charge is 0.251 e. The molecule has 2 atom stereocenters. The summed E-state index contributed by atoms with van der Waals surface area (Å²) >= 11 is 1.80. The highest BCUT2D eigenvalue weighted by molar-refractivity contribution is 7.99. The second-order valence-corrected chi connectivity index (χ2v) is 10.5. The molecule has 4 nitrogen and oxygen atoms in total. The average Bonchev–Trinajstić information content (AvgIpc) is 3.27. The molecule has 1 saturated heterocycles. The van der Waals surface area contributed by atoms with Crippen molar-refractivity contribution in [3.63, 3.8) is 0 Å². The molecule has 2 heterocycles. The minimum atomic E-state index is 0.0197. The van der Waals surface area contributed by atoms with E-state index in [4.69, 9.17) is 0 Å². The van der Waals surface area contributed by atoms with Crippen molar-refractivity contribution in [2.24, 2.45) is 11.8 Å². The van der Waals surface area contributed by atoms with E-state index in [1.807, 2.05) is 6.07 Å². The molecule has 0 saturated carbocycles. The van der Waals surface area contributed by atoms with Crippen LogP contribution in [0.1, 0.15) is 50.9 Å². The van der Waals surface area contributed by atoms with Crippen molar-refractivity contribution in [1.29, 1.82) is 0 Å². The lowest BCUT2D eigenvalue weighted by Crippen LogP contribution is -2.40. The Morgan fingerprint density at radius 1 is 1.00 bits per heavy atom. The lowest BCUT2D eigenvalue weighted by atomic mass is 9.98. The van der Waals surface area contributed by atoms with Gasteiger partial charge in [-0.05, 0) is 75.0 Å². The van der Waals surface area contributed by atoms with Crippen molar-refractivity contribution in [3.05, 3.63) is 48.0 Å². The summed E-state index contributed by atoms with van der Waals surface area (Å²) in [4.78, 5) is 20.4. The van der Waals surface area contributed by atoms with E-state index in [0.717, 1.165) is 17.8 Å². The van der Waals surface area contributed by atoms with Gasteiger partial charge in [0.2, 0.25) is 0 Å². The summed E-state index contributed by atoms with van der Waals surface area (Å²) in [6, 6.07) is 15.1. The van der Waals surface area contributed by atoms with E-state index in [2.05, 4.69) is 79.2 Å². The largest absolute Gasteiger partial charge is 0.352 e. The summed E-state index contributed by atoms with van der Waals surface area (Å²) < 4.78 is 0. The van der Waals surface area contributed by atoms with E-state index in [1.165, 1.54) is 41.4 Å². The second kappa shape index (κ2) is 9.66. The van der Waals surface area contributed by atoms with Gasteiger partial charge in [-0.25, -0.2) is 0 Å². The average molecular weight is 438 g/mol. The molecule has 1 amide bonds. The summed E-state index contributed by atoms with van der Waals surface area (Å²) in [7, 11) is 0. The fourth-order valence-electron chi connectivity index (χ4n) is 4.41. The zero-order chi connectivity index (χ0) is 22.0. The highest BCUT2D eigenvalue weighted by Gasteiger charge is 2.29. The Morgan fingerprint density at radius 3 is 2.45 bits per heavy atom. The van der Waals surface area contributed by atoms with Crippen molar-refractivity contribution >= 4 is 29.0 Å². The molecule has 166 valence electrons. The molecule has 4 rings (SSSR count). The number of benzene rings is 2. The van der Waals surface area contributed by atoms with Gasteiger partial charge in [0.05, 0.1) is 11.4 Å². The van der Waals surface area contributed by atoms with Gasteiger partial charge >= 0.3 is 0 Å². The number of anilines is 2. The number of para-hydroxylation sites is 1. The summed E-state index contributed by atoms with van der Waals surface area (Å²) in [5, 5.41) is 3.14. The molecular weight excluding hydrogens is 402 g/mol. The van der Waals surface area contributed by atoms with Crippen LogP contribution in [0.25, 0.3) is 0 Å². The molecule has 0 bridgehead atoms. The van der Waals surface area contributed by atoms with E-state index >= 15 is 0 Å². The zero-order valence-corrected chi connectivity index (χ0v) is 20.0. The van der Waals surface area contributed by atoms with Crippen LogP contribution >= 0.6 is 11.8 Å². The van der Waals surface area contributed by atoms with Crippen LogP contribution in [0.15, 0.2) is 52.3 Å². The summed E-state index contributed by atoms with van der Waals surface area (Å²) in [6.45, 7) is 13.0. The second-order valence-electron chi connectivity index (χ2n) is 9.41. The number of carbonyl (C=O) groups is 1. The minimum Gasteiger partial charge on any atom is -0.352 e. The molecule has 1 N–H and O–H groups in total. The van der Waals surface area contributed by atoms with E-state index in [9.17, 15) is 4.79 Å². The van der Waals surface area contributed by atoms with Crippen LogP contribution in [0.5, 0.6) is 0 Å². The molecule has 0 aliphatic carbocycles. The maximum atomic E-state index is 12.9. The number of nitrogens with one attached hydrogen (secondary N) is 1. The van der Waals surface area contributed by atoms with Gasteiger partial charge in [0, 0.05) is 34.5 Å². The van der Waals surface area contributed by atoms with Crippen molar-refractivity contribution < 1.29 is 4.79 Å². The Labute approximate surface area is 191 Å². The van der Waals surface area contributed by atoms with E-state index < -0.39 is 0 Å². The topological polar surface area (TPSA) is 35.6 Å². The molecule has 0 spiro atoms. The molecule has 0 radical (unpaired) electrons. The Hall–Kier alpha value is -1.98. The number of fused-ring (bicyclic) bond motifs is 2. The maximum absolute atomic E-state index is 12.9. The molecular formula is C26H35N3OS. The van der Waals surface area contributed by atoms with Crippen LogP contribution in [-0.4, -0.2) is 43.0 Å². The van der Waals surface area contributed by atoms with Crippen LogP contribution in [-0.2, 0) is 0 Å². The normalized spacial score (nSPS) is 17.9. The van der Waals surface area contributed by atoms with Gasteiger partial charge in [0.25, 0.3) is 5.91 Å². The highest BCUT2D eigenvalue weighted by Crippen LogP contribution is 2.49. The number of carbonyl (C=O) groups excluding carboxylic acids is 1. The van der Waals surface area contributed by atoms with Crippen molar-refractivity contribution in [1.82, 2.24) is 10.2 Å². The number of hydrogen-bond acceptors (Lipinski definition) is 4. The third kappa shape index (κ3) is 4.93. The number of amides is 1. The molecule has 2 aromatic rings. The Morgan fingerprint density at radius 2 is 1.71 bits per heavy atom. The molecule has 2 unspecified atom stereocenters. The van der Waals surface area contributed by atoms with E-state index in [-0.39, 0.29) is 5.91 Å². The van der Waals surface area contributed by atoms with Gasteiger partial charge in [-0.2, -0.15) is 0 Å². The third-order valence-corrected chi connectivity index (χ3v) is 7.84. The molecule has 2 aliphatic heterocycles. The lowest BCUT2D eigenvalue weighted by molar-refractivity contribution is 0.0945. The van der Waals surface area contributed by atoms with Crippen LogP contribution in [0, 0.1) is 11.8 Å². The van der Waals surface area contributed by atoms with Gasteiger partial charge in [-0.3, -0.25) is 4.79 Å². The fraction of sp³-hybridized carbons (Fsp3) is 0.500. The quantitative estimate of drug-likeness (QED) is 0.594. The number of nitrogens with zero attached hydrogens (tertiary/aromatic N) is 2. The highest BCUT2D eigenvalue weighted by atomic mass is 32.2. The molecule has 1 fully saturated rings. The Balaban J connectivity index is 1.61. The lowest BCUT2D eigenvalue weighted by Gasteiger charge is -2.39. The first-order chi connectivity index (χ1) is 14.9. The zero-order valence-electron chi connectivity index (χ0n) is 19.2. The van der Waals surface area contributed by atoms with Gasteiger partial charge in [0.1, 0.15) is 0 Å². The van der Waals surface area contributed by atoms with Crippen molar-refractivity contribution in [2.75, 3.05) is 31.1 Å². The summed E-state index contributed by atoms with van der Waals surface area (Å²) in [6.07, 6.45) is 2.60. The Kier molecular flexibility index (Phi) is 6.92. The van der Waals surface area contributed by atoms with Gasteiger partial charge in [-0.15, -0.1) is 0 Å². The SMILES string of the molecule is CC(C)C(C)CNC(=O)c1ccc2c(c1)N(C(C)CN1CCCC1)c1ccccc1S2. The van der Waals surface area contributed by atoms with Crippen LogP contribution in [0.4, 0.5) is 11.4 Å². The van der Waals surface area contributed by atoms with Crippen LogP contribution in [0.3, 0.4) is 0 Å². The van der Waals surface area contributed by atoms with Gasteiger partial charge in [-0.1, -0.05) is 44.7 Å². The predicted molar refractivity (Wildman–Crippen MR) is 131 cm³/mol. The summed E-state index contributed by atoms with van der Waals surface area (Å²) in [5.74, 6) is 1.03. The molecule has 0 aromatic heterocycles. The minimum absolute atomic E-state index is 0.0197. The van der Waals surface area contributed by atoms with Crippen molar-refractivity contribution in [2.45, 2.75) is 56.4 Å². The van der Waals surface area contributed by atoms with Crippen molar-refractivity contribution in [3.8, 4) is 0 Å². The standard InChI is InChI=1S/C26H35N3OS/c1-18(2)19(3)16-27-26(30)21-11-12-25-23(15-21)29(20(4)17-28-13-7-8-14-28)22-9-5-6-10-24(22)31-25/h5-6,9-12,15,18-20H,7-8,13-14,16-17H2,1-4H3,(H,27,30). The van der Waals surface area contributed by atoms with Gasteiger partial charge in [0.15, 0.2) is 0 Å². The predicted octanol–water partition coefficient (Wildman–Crippen LogP) is 5.80. The first-order valence-corrected chi connectivity index (χ1v) is 12.5. The van der Waals surface area contributed by atoms with E-state index in [1.54, 1.807) is 11.8 Å². The third-order valence-electron chi connectivity index (χ3n) is 6.71. The monoisotopic (exact) mass is 437 g/mol. The molecule has 5 heteroatoms. The molecule has 31 heavy (non-hydrogen) atoms. The summed E-state index contributed by atoms with van der Waals surface area (Å²) in [5.41, 5.74) is 3.14. The fourth-order valence-corrected chi connectivity index (χ4v) is 5.46. The van der Waals surface area contributed by atoms with Crippen LogP contribution < -0.4 is 10.2 Å². The number of hydrogen-bond donors (Lipinski definition) is 1. The van der Waals surface area contributed by atoms with E-state index in [0.29, 0.717) is 24.4 Å². The Bertz CT molecular complexity index is 923.